The minimum absolute atomic E-state index is 0.0109. The molecule has 5 aliphatic heterocycles. The van der Waals surface area contributed by atoms with Gasteiger partial charge in [-0.25, -0.2) is 23.9 Å². The van der Waals surface area contributed by atoms with E-state index in [0.29, 0.717) is 52.7 Å². The van der Waals surface area contributed by atoms with Gasteiger partial charge in [-0.2, -0.15) is 0 Å². The van der Waals surface area contributed by atoms with Crippen molar-refractivity contribution in [3.05, 3.63) is 138 Å². The van der Waals surface area contributed by atoms with Crippen LogP contribution in [0.15, 0.2) is 83.7 Å². The number of hydrogen-bond donors (Lipinski definition) is 5. The summed E-state index contributed by atoms with van der Waals surface area (Å²) in [6.07, 6.45) is 3.31. The van der Waals surface area contributed by atoms with Crippen LogP contribution in [0.25, 0.3) is 47.2 Å². The molecule has 0 bridgehead atoms. The zero-order valence-electron chi connectivity index (χ0n) is 63.7. The van der Waals surface area contributed by atoms with Crippen molar-refractivity contribution in [2.75, 3.05) is 77.8 Å². The monoisotopic (exact) mass is 1570 g/mol. The van der Waals surface area contributed by atoms with Crippen molar-refractivity contribution in [1.82, 2.24) is 24.6 Å². The zero-order valence-corrected chi connectivity index (χ0v) is 67.2. The molecule has 0 radical (unpaired) electrons. The van der Waals surface area contributed by atoms with Crippen LogP contribution in [-0.2, 0) is 50.1 Å². The van der Waals surface area contributed by atoms with Crippen LogP contribution < -0.4 is 71.6 Å². The van der Waals surface area contributed by atoms with Crippen molar-refractivity contribution in [2.45, 2.75) is 196 Å². The Morgan fingerprint density at radius 1 is 0.583 bits per heavy atom. The smallest absolute Gasteiger partial charge is 0.278 e. The summed E-state index contributed by atoms with van der Waals surface area (Å²) < 4.78 is 78.2. The Kier molecular flexibility index (Phi) is 28.3. The zero-order chi connectivity index (χ0) is 78.3. The van der Waals surface area contributed by atoms with Gasteiger partial charge in [0.2, 0.25) is 0 Å². The third-order valence-electron chi connectivity index (χ3n) is 19.7. The van der Waals surface area contributed by atoms with Gasteiger partial charge < -0.3 is 92.5 Å². The third kappa shape index (κ3) is 20.3. The van der Waals surface area contributed by atoms with Crippen molar-refractivity contribution >= 4 is 119 Å². The quantitative estimate of drug-likeness (QED) is 0.0215. The molecule has 3 aromatic carbocycles. The van der Waals surface area contributed by atoms with Crippen LogP contribution in [0.1, 0.15) is 175 Å². The summed E-state index contributed by atoms with van der Waals surface area (Å²) >= 11 is 0. The van der Waals surface area contributed by atoms with Crippen molar-refractivity contribution in [2.24, 2.45) is 0 Å². The highest BCUT2D eigenvalue weighted by atomic mass is 31.3. The molecule has 0 aliphatic carbocycles. The van der Waals surface area contributed by atoms with E-state index in [0.717, 1.165) is 131 Å². The number of nitrogens with zero attached hydrogens (tertiary/aromatic N) is 7. The van der Waals surface area contributed by atoms with Gasteiger partial charge in [0.1, 0.15) is 23.4 Å². The molecule has 0 amide bonds. The summed E-state index contributed by atoms with van der Waals surface area (Å²) in [6.45, 7) is 41.2. The van der Waals surface area contributed by atoms with E-state index in [1.165, 1.54) is 5.69 Å². The fraction of sp³-hybridized carbons (Fsp3) is 0.500. The van der Waals surface area contributed by atoms with E-state index in [9.17, 15) is 48.3 Å². The van der Waals surface area contributed by atoms with Crippen LogP contribution in [-0.4, -0.2) is 136 Å². The number of aliphatic hydroxyl groups excluding tert-OH is 2. The van der Waals surface area contributed by atoms with Crippen molar-refractivity contribution in [3.8, 4) is 0 Å². The van der Waals surface area contributed by atoms with Crippen LogP contribution in [0.4, 0.5) is 40.1 Å². The number of phosphoric ester groups is 1. The molecule has 0 saturated carbocycles. The number of benzene rings is 3. The number of aromatic amines is 1. The molecule has 28 nitrogen and oxygen atoms in total. The standard InChI is InChI=1S/C31H47N4O4P.C23H29N3O2.C22H30N3O12P3/c1-9-15-37-40(35(20(5)6)21(7)8)39-29-19-28(38-27(29)10-2)25-17-23-16-22-13-14-24(34(11-3)12-4)18-26(22)32-30(23)33-31(25)36;1-5-21-20(27)13-22(28-21)18-11-16-10-15-8-9-17(26(6-2)7-3)12-19(15)25-23(16)24-14(18)4;1-4-25(5-2)16-7-6-14-8-15-9-17(13(3)23-22(15)24-18(14)10-16)20-11-19(26)21(35-20)12-34-39(30,31)37-40(32,33)36-38(27,28)29/h13-14,16-18,20-21,27-29H,9-12,15,19H2,1-8H3,(H,32,33,36);8-12,20-22,27H,4-7,13H2,1-3H3,(H,24,25);6-10,19-21,26H,3-5,11-12H2,1-2H3,(H,23,24)(H,30,31)(H,32,33)(H2,27,28,29)/p-4/t27-,28-,29-,40?;20-,21-,22-;19-,20-,21-/m111/s1. The summed E-state index contributed by atoms with van der Waals surface area (Å²) in [7, 11) is -19.2. The van der Waals surface area contributed by atoms with E-state index in [1.807, 2.05) is 37.3 Å². The number of pyridine rings is 4. The van der Waals surface area contributed by atoms with Crippen LogP contribution >= 0.6 is 32.0 Å². The number of aromatic nitrogens is 4. The second-order valence-electron chi connectivity index (χ2n) is 27.6. The topological polar surface area (TPSA) is 366 Å². The highest BCUT2D eigenvalue weighted by Crippen LogP contribution is 2.61. The molecule has 12 atom stereocenters. The number of H-pyrrole nitrogens is 1. The minimum Gasteiger partial charge on any atom is -0.790 e. The average Bonchev–Trinajstić information content (AvgIpc) is 1.18. The SMILES string of the molecule is C=c1nc2c(cc1[C@H]1C[C@@H](O)[C@@H](CC)O1)=Cc1ccc(N(CC)CC)cc1N2.C=c1nc2c(cc1[C@H]1C[C@@H](O)[C@@H](COP(=O)([O-])OP(=O)([O-])OP(=O)([O-])[O-])O1)=Cc1ccc(N(CC)CC)cc1N2.CCCOP(O[C@@H]1C[C@H](c2cc3cc4ccc(N(CC)CC)cc4nc3[nH]c2=O)O[C@@H]1CC)N(C(C)C)C(C)C. The third-order valence-corrected chi connectivity index (χ3v) is 25.5. The van der Waals surface area contributed by atoms with Gasteiger partial charge in [-0.1, -0.05) is 52.1 Å². The highest BCUT2D eigenvalue weighted by Gasteiger charge is 2.42. The molecule has 3 saturated heterocycles. The number of phosphoric acid groups is 3. The summed E-state index contributed by atoms with van der Waals surface area (Å²) in [5, 5.41) is 32.2. The number of ether oxygens (including phenoxy) is 3. The summed E-state index contributed by atoms with van der Waals surface area (Å²) in [5.41, 5.74) is 10.9. The van der Waals surface area contributed by atoms with E-state index in [4.69, 9.17) is 33.2 Å². The first-order valence-corrected chi connectivity index (χ1v) is 42.7. The molecule has 32 heteroatoms. The van der Waals surface area contributed by atoms with Crippen molar-refractivity contribution < 1.29 is 79.9 Å². The van der Waals surface area contributed by atoms with Gasteiger partial charge in [0, 0.05) is 137 Å². The fourth-order valence-corrected chi connectivity index (χ4v) is 19.0. The first kappa shape index (κ1) is 84.0. The van der Waals surface area contributed by atoms with E-state index in [-0.39, 0.29) is 54.6 Å². The molecule has 0 spiro atoms. The highest BCUT2D eigenvalue weighted by molar-refractivity contribution is 7.64. The molecule has 5 N–H and O–H groups in total. The fourth-order valence-electron chi connectivity index (χ4n) is 14.3. The van der Waals surface area contributed by atoms with Crippen molar-refractivity contribution in [3.63, 3.8) is 0 Å². The predicted octanol–water partition coefficient (Wildman–Crippen LogP) is 9.37. The lowest BCUT2D eigenvalue weighted by molar-refractivity contribution is -0.339. The number of anilines is 7. The Bertz CT molecular complexity index is 4770. The number of rotatable bonds is 29. The van der Waals surface area contributed by atoms with Gasteiger partial charge in [0.15, 0.2) is 0 Å². The molecule has 5 aliphatic rings. The maximum Gasteiger partial charge on any atom is 0.278 e. The number of hydrogen-bond acceptors (Lipinski definition) is 27. The van der Waals surface area contributed by atoms with E-state index in [2.05, 4.69) is 204 Å². The van der Waals surface area contributed by atoms with Gasteiger partial charge >= 0.3 is 0 Å². The average molecular weight is 1570 g/mol. The molecule has 9 heterocycles. The van der Waals surface area contributed by atoms with Crippen molar-refractivity contribution in [1.29, 1.82) is 0 Å². The maximum atomic E-state index is 13.3. The van der Waals surface area contributed by atoms with Crippen LogP contribution in [0.2, 0.25) is 0 Å². The van der Waals surface area contributed by atoms with Crippen LogP contribution in [0.3, 0.4) is 0 Å². The van der Waals surface area contributed by atoms with Gasteiger partial charge in [-0.15, -0.1) is 0 Å². The molecule has 4 aromatic heterocycles. The van der Waals surface area contributed by atoms with Crippen LogP contribution in [0.5, 0.6) is 0 Å². The number of fused-ring (bicyclic) bond motifs is 6. The molecular formula is C76H102N10O18P4-4. The minimum atomic E-state index is -6.11. The largest absolute Gasteiger partial charge is 0.790 e. The van der Waals surface area contributed by atoms with Gasteiger partial charge in [-0.05, 0) is 172 Å². The number of nitrogens with one attached hydrogen (secondary N) is 3. The van der Waals surface area contributed by atoms with E-state index < -0.39 is 63.0 Å². The molecule has 588 valence electrons. The Morgan fingerprint density at radius 2 is 1.06 bits per heavy atom. The van der Waals surface area contributed by atoms with Gasteiger partial charge in [-0.3, -0.25) is 18.2 Å². The molecule has 108 heavy (non-hydrogen) atoms. The van der Waals surface area contributed by atoms with Gasteiger partial charge in [0.05, 0.1) is 86.1 Å². The van der Waals surface area contributed by atoms with Crippen LogP contribution in [0, 0.1) is 0 Å². The Morgan fingerprint density at radius 3 is 1.55 bits per heavy atom. The van der Waals surface area contributed by atoms with E-state index >= 15 is 0 Å². The molecule has 3 fully saturated rings. The Labute approximate surface area is 632 Å². The summed E-state index contributed by atoms with van der Waals surface area (Å²) in [4.78, 5) is 81.3. The van der Waals surface area contributed by atoms with Gasteiger partial charge in [0.25, 0.3) is 29.7 Å². The molecule has 3 unspecified atom stereocenters. The predicted molar refractivity (Wildman–Crippen MR) is 416 cm³/mol. The summed E-state index contributed by atoms with van der Waals surface area (Å²) in [6, 6.07) is 27.4. The number of aliphatic hydroxyl groups is 2. The Balaban J connectivity index is 0.000000176. The molecule has 12 rings (SSSR count). The first-order chi connectivity index (χ1) is 51.3. The maximum absolute atomic E-state index is 13.3. The molecule has 7 aromatic rings. The summed E-state index contributed by atoms with van der Waals surface area (Å²) in [5.74, 6) is 1.40. The molecular weight excluding hydrogens is 1460 g/mol. The lowest BCUT2D eigenvalue weighted by Crippen LogP contribution is -2.35. The lowest BCUT2D eigenvalue weighted by atomic mass is 10.0. The second kappa shape index (κ2) is 36.4. The first-order valence-electron chi connectivity index (χ1n) is 37.2. The van der Waals surface area contributed by atoms with E-state index in [1.54, 1.807) is 6.07 Å². The lowest BCUT2D eigenvalue weighted by Gasteiger charge is -2.37. The normalized spacial score (nSPS) is 22.1. The Hall–Kier alpha value is -6.42. The second-order valence-corrected chi connectivity index (χ2v) is 33.3.